The second-order valence-electron chi connectivity index (χ2n) is 2.79. The van der Waals surface area contributed by atoms with Crippen molar-refractivity contribution in [3.8, 4) is 5.75 Å². The first-order chi connectivity index (χ1) is 7.41. The van der Waals surface area contributed by atoms with E-state index < -0.39 is 12.6 Å². The van der Waals surface area contributed by atoms with Crippen molar-refractivity contribution >= 4 is 33.5 Å². The number of carbonyl (C=O) groups is 1. The summed E-state index contributed by atoms with van der Waals surface area (Å²) in [6.45, 7) is -2.98. The summed E-state index contributed by atoms with van der Waals surface area (Å²) in [7, 11) is 0. The highest BCUT2D eigenvalue weighted by molar-refractivity contribution is 9.10. The van der Waals surface area contributed by atoms with E-state index in [2.05, 4.69) is 20.7 Å². The van der Waals surface area contributed by atoms with Gasteiger partial charge in [0.2, 0.25) is 0 Å². The standard InChI is InChI=1S/C9H6BrClF2O3/c10-8-4(3-7(14)15)5(11)1-2-6(8)16-9(12)13/h1-2,9H,3H2,(H,14,15). The third kappa shape index (κ3) is 3.31. The molecule has 0 aliphatic carbocycles. The molecular formula is C9H6BrClF2O3. The number of hydrogen-bond donors (Lipinski definition) is 1. The summed E-state index contributed by atoms with van der Waals surface area (Å²) in [5.41, 5.74) is 0.201. The highest BCUT2D eigenvalue weighted by Crippen LogP contribution is 2.34. The molecule has 0 spiro atoms. The summed E-state index contributed by atoms with van der Waals surface area (Å²) in [6, 6.07) is 2.55. The lowest BCUT2D eigenvalue weighted by Crippen LogP contribution is -2.06. The minimum Gasteiger partial charge on any atom is -0.481 e. The number of ether oxygens (including phenoxy) is 1. The van der Waals surface area contributed by atoms with Crippen LogP contribution in [0.1, 0.15) is 5.56 Å². The largest absolute Gasteiger partial charge is 0.481 e. The topological polar surface area (TPSA) is 46.5 Å². The van der Waals surface area contributed by atoms with E-state index in [9.17, 15) is 13.6 Å². The van der Waals surface area contributed by atoms with E-state index in [1.807, 2.05) is 0 Å². The molecule has 1 N–H and O–H groups in total. The Morgan fingerprint density at radius 2 is 2.19 bits per heavy atom. The van der Waals surface area contributed by atoms with Gasteiger partial charge in [0.15, 0.2) is 0 Å². The Labute approximate surface area is 103 Å². The third-order valence-electron chi connectivity index (χ3n) is 1.69. The van der Waals surface area contributed by atoms with Crippen LogP contribution >= 0.6 is 27.5 Å². The summed E-state index contributed by atoms with van der Waals surface area (Å²) in [4.78, 5) is 10.5. The molecule has 0 atom stereocenters. The zero-order chi connectivity index (χ0) is 12.3. The molecule has 88 valence electrons. The highest BCUT2D eigenvalue weighted by Gasteiger charge is 2.16. The molecule has 0 heterocycles. The van der Waals surface area contributed by atoms with Crippen LogP contribution < -0.4 is 4.74 Å². The Bertz CT molecular complexity index is 412. The van der Waals surface area contributed by atoms with Crippen molar-refractivity contribution in [2.75, 3.05) is 0 Å². The molecule has 7 heteroatoms. The number of carboxylic acids is 1. The highest BCUT2D eigenvalue weighted by atomic mass is 79.9. The zero-order valence-corrected chi connectivity index (χ0v) is 10.1. The van der Waals surface area contributed by atoms with Crippen molar-refractivity contribution in [3.63, 3.8) is 0 Å². The van der Waals surface area contributed by atoms with Gasteiger partial charge in [0, 0.05) is 5.02 Å². The number of benzene rings is 1. The molecule has 1 aromatic rings. The zero-order valence-electron chi connectivity index (χ0n) is 7.71. The van der Waals surface area contributed by atoms with Gasteiger partial charge < -0.3 is 9.84 Å². The van der Waals surface area contributed by atoms with Crippen LogP contribution in [0.4, 0.5) is 8.78 Å². The molecule has 0 fully saturated rings. The predicted octanol–water partition coefficient (Wildman–Crippen LogP) is 3.33. The lowest BCUT2D eigenvalue weighted by atomic mass is 10.1. The molecule has 0 unspecified atom stereocenters. The number of aliphatic carboxylic acids is 1. The Morgan fingerprint density at radius 3 is 2.69 bits per heavy atom. The maximum absolute atomic E-state index is 12.0. The number of rotatable bonds is 4. The maximum atomic E-state index is 12.0. The van der Waals surface area contributed by atoms with Gasteiger partial charge in [0.25, 0.3) is 0 Å². The van der Waals surface area contributed by atoms with Gasteiger partial charge in [-0.25, -0.2) is 0 Å². The third-order valence-corrected chi connectivity index (χ3v) is 2.92. The van der Waals surface area contributed by atoms with Crippen LogP contribution in [-0.2, 0) is 11.2 Å². The smallest absolute Gasteiger partial charge is 0.387 e. The van der Waals surface area contributed by atoms with Crippen molar-refractivity contribution in [3.05, 3.63) is 27.2 Å². The van der Waals surface area contributed by atoms with E-state index in [1.54, 1.807) is 0 Å². The Kier molecular flexibility index (Phi) is 4.49. The Hall–Kier alpha value is -0.880. The normalized spacial score (nSPS) is 10.6. The van der Waals surface area contributed by atoms with Crippen molar-refractivity contribution in [1.82, 2.24) is 0 Å². The summed E-state index contributed by atoms with van der Waals surface area (Å²) < 4.78 is 28.3. The summed E-state index contributed by atoms with van der Waals surface area (Å²) >= 11 is 8.73. The average molecular weight is 315 g/mol. The molecule has 16 heavy (non-hydrogen) atoms. The van der Waals surface area contributed by atoms with Gasteiger partial charge in [0.05, 0.1) is 10.9 Å². The first-order valence-corrected chi connectivity index (χ1v) is 5.22. The fourth-order valence-corrected chi connectivity index (χ4v) is 1.99. The quantitative estimate of drug-likeness (QED) is 0.927. The van der Waals surface area contributed by atoms with Crippen molar-refractivity contribution < 1.29 is 23.4 Å². The molecule has 0 aliphatic rings. The molecule has 0 radical (unpaired) electrons. The molecule has 1 aromatic carbocycles. The second kappa shape index (κ2) is 5.45. The minimum atomic E-state index is -2.98. The average Bonchev–Trinajstić information content (AvgIpc) is 2.16. The van der Waals surface area contributed by atoms with Crippen molar-refractivity contribution in [1.29, 1.82) is 0 Å². The lowest BCUT2D eigenvalue weighted by Gasteiger charge is -2.11. The van der Waals surface area contributed by atoms with Crippen LogP contribution in [0.2, 0.25) is 5.02 Å². The minimum absolute atomic E-state index is 0.128. The number of hydrogen-bond acceptors (Lipinski definition) is 2. The molecule has 3 nitrogen and oxygen atoms in total. The van der Waals surface area contributed by atoms with E-state index >= 15 is 0 Å². The van der Waals surface area contributed by atoms with Crippen LogP contribution in [0.25, 0.3) is 0 Å². The Morgan fingerprint density at radius 1 is 1.56 bits per heavy atom. The molecule has 0 saturated heterocycles. The van der Waals surface area contributed by atoms with Gasteiger partial charge in [-0.05, 0) is 33.6 Å². The van der Waals surface area contributed by atoms with E-state index in [0.29, 0.717) is 0 Å². The monoisotopic (exact) mass is 314 g/mol. The van der Waals surface area contributed by atoms with Gasteiger partial charge in [-0.1, -0.05) is 11.6 Å². The van der Waals surface area contributed by atoms with E-state index in [0.717, 1.165) is 0 Å². The van der Waals surface area contributed by atoms with Crippen LogP contribution in [-0.4, -0.2) is 17.7 Å². The van der Waals surface area contributed by atoms with Gasteiger partial charge >= 0.3 is 12.6 Å². The van der Waals surface area contributed by atoms with Crippen LogP contribution in [0.5, 0.6) is 5.75 Å². The fourth-order valence-electron chi connectivity index (χ4n) is 1.08. The second-order valence-corrected chi connectivity index (χ2v) is 3.99. The van der Waals surface area contributed by atoms with Gasteiger partial charge in [-0.3, -0.25) is 4.79 Å². The van der Waals surface area contributed by atoms with E-state index in [4.69, 9.17) is 16.7 Å². The van der Waals surface area contributed by atoms with Crippen molar-refractivity contribution in [2.45, 2.75) is 13.0 Å². The summed E-state index contributed by atoms with van der Waals surface area (Å²) in [5, 5.41) is 8.80. The summed E-state index contributed by atoms with van der Waals surface area (Å²) in [5.74, 6) is -1.26. The summed E-state index contributed by atoms with van der Waals surface area (Å²) in [6.07, 6.45) is -0.375. The molecule has 0 aromatic heterocycles. The number of alkyl halides is 2. The van der Waals surface area contributed by atoms with Gasteiger partial charge in [0.1, 0.15) is 5.75 Å². The van der Waals surface area contributed by atoms with Gasteiger partial charge in [-0.2, -0.15) is 8.78 Å². The Balaban J connectivity index is 3.10. The molecule has 0 aliphatic heterocycles. The predicted molar refractivity (Wildman–Crippen MR) is 57.1 cm³/mol. The van der Waals surface area contributed by atoms with Crippen molar-refractivity contribution in [2.24, 2.45) is 0 Å². The SMILES string of the molecule is O=C(O)Cc1c(Cl)ccc(OC(F)F)c1Br. The number of carboxylic acid groups (broad SMARTS) is 1. The molecule has 0 amide bonds. The first kappa shape index (κ1) is 13.2. The molecular weight excluding hydrogens is 309 g/mol. The molecule has 0 bridgehead atoms. The first-order valence-electron chi connectivity index (χ1n) is 4.05. The molecule has 1 rings (SSSR count). The fraction of sp³-hybridized carbons (Fsp3) is 0.222. The lowest BCUT2D eigenvalue weighted by molar-refractivity contribution is -0.136. The van der Waals surface area contributed by atoms with Crippen LogP contribution in [0.15, 0.2) is 16.6 Å². The van der Waals surface area contributed by atoms with Gasteiger partial charge in [-0.15, -0.1) is 0 Å². The molecule has 0 saturated carbocycles. The van der Waals surface area contributed by atoms with E-state index in [-0.39, 0.29) is 27.2 Å². The maximum Gasteiger partial charge on any atom is 0.387 e. The van der Waals surface area contributed by atoms with E-state index in [1.165, 1.54) is 12.1 Å². The van der Waals surface area contributed by atoms with Crippen LogP contribution in [0, 0.1) is 0 Å². The van der Waals surface area contributed by atoms with Crippen LogP contribution in [0.3, 0.4) is 0 Å². The number of halogens is 4.